The van der Waals surface area contributed by atoms with Gasteiger partial charge in [-0.15, -0.1) is 0 Å². The Morgan fingerprint density at radius 1 is 1.19 bits per heavy atom. The van der Waals surface area contributed by atoms with Crippen molar-refractivity contribution in [2.45, 2.75) is 65.0 Å². The van der Waals surface area contributed by atoms with Gasteiger partial charge in [-0.3, -0.25) is 4.79 Å². The first-order chi connectivity index (χ1) is 9.45. The fourth-order valence-corrected chi connectivity index (χ4v) is 3.09. The molecule has 21 heavy (non-hydrogen) atoms. The van der Waals surface area contributed by atoms with Crippen LogP contribution >= 0.6 is 0 Å². The average Bonchev–Trinajstić information content (AvgIpc) is 2.34. The molecule has 118 valence electrons. The fourth-order valence-electron chi connectivity index (χ4n) is 1.80. The number of aryl methyl sites for hydroxylation is 1. The van der Waals surface area contributed by atoms with E-state index in [9.17, 15) is 9.90 Å². The zero-order valence-electron chi connectivity index (χ0n) is 14.2. The highest BCUT2D eigenvalue weighted by molar-refractivity contribution is 6.74. The van der Waals surface area contributed by atoms with Gasteiger partial charge in [-0.2, -0.15) is 0 Å². The van der Waals surface area contributed by atoms with E-state index in [1.165, 1.54) is 6.92 Å². The molecule has 0 heterocycles. The summed E-state index contributed by atoms with van der Waals surface area (Å²) < 4.78 is 6.15. The normalized spacial score (nSPS) is 15.6. The van der Waals surface area contributed by atoms with Gasteiger partial charge in [0.25, 0.3) is 0 Å². The largest absolute Gasteiger partial charge is 0.404 e. The van der Waals surface area contributed by atoms with Crippen LogP contribution in [0.2, 0.25) is 18.1 Å². The predicted molar refractivity (Wildman–Crippen MR) is 88.9 cm³/mol. The molecule has 1 rings (SSSR count). The van der Waals surface area contributed by atoms with Crippen LogP contribution in [0, 0.1) is 6.92 Å². The summed E-state index contributed by atoms with van der Waals surface area (Å²) in [5, 5.41) is 10.5. The Balaban J connectivity index is 3.02. The number of benzene rings is 1. The van der Waals surface area contributed by atoms with Gasteiger partial charge in [-0.1, -0.05) is 50.6 Å². The molecule has 0 amide bonds. The monoisotopic (exact) mass is 308 g/mol. The third kappa shape index (κ3) is 4.50. The van der Waals surface area contributed by atoms with Gasteiger partial charge in [-0.25, -0.2) is 0 Å². The zero-order chi connectivity index (χ0) is 16.4. The second-order valence-electron chi connectivity index (χ2n) is 7.26. The lowest BCUT2D eigenvalue weighted by Crippen LogP contribution is -2.47. The van der Waals surface area contributed by atoms with Crippen LogP contribution in [0.3, 0.4) is 0 Å². The molecule has 0 spiro atoms. The molecule has 1 aromatic rings. The quantitative estimate of drug-likeness (QED) is 0.836. The first-order valence-corrected chi connectivity index (χ1v) is 10.3. The summed E-state index contributed by atoms with van der Waals surface area (Å²) in [7, 11) is -2.12. The molecule has 0 fully saturated rings. The summed E-state index contributed by atoms with van der Waals surface area (Å²) in [6.07, 6.45) is -1.72. The third-order valence-corrected chi connectivity index (χ3v) is 8.79. The molecule has 1 N–H and O–H groups in total. The lowest BCUT2D eigenvalue weighted by Gasteiger charge is -2.39. The van der Waals surface area contributed by atoms with Crippen molar-refractivity contribution in [2.75, 3.05) is 0 Å². The van der Waals surface area contributed by atoms with E-state index in [2.05, 4.69) is 33.9 Å². The van der Waals surface area contributed by atoms with Crippen LogP contribution in [0.4, 0.5) is 0 Å². The topological polar surface area (TPSA) is 46.5 Å². The number of Topliss-reactive ketones (excluding diaryl/α,β-unsaturated/α-hetero) is 1. The average molecular weight is 308 g/mol. The molecular formula is C17H28O3Si. The van der Waals surface area contributed by atoms with Gasteiger partial charge >= 0.3 is 0 Å². The SMILES string of the molecule is CC(=O)[C@@H](O[Si](C)(C)C(C)(C)C)[C@H](O)c1ccc(C)cc1. The number of hydrogen-bond acceptors (Lipinski definition) is 3. The fraction of sp³-hybridized carbons (Fsp3) is 0.588. The van der Waals surface area contributed by atoms with Crippen LogP contribution in [0.15, 0.2) is 24.3 Å². The number of rotatable bonds is 5. The summed E-state index contributed by atoms with van der Waals surface area (Å²) in [6, 6.07) is 7.57. The molecule has 0 aliphatic rings. The van der Waals surface area contributed by atoms with E-state index < -0.39 is 20.5 Å². The van der Waals surface area contributed by atoms with Crippen molar-refractivity contribution in [1.82, 2.24) is 0 Å². The number of aliphatic hydroxyl groups excluding tert-OH is 1. The Bertz CT molecular complexity index is 486. The molecule has 0 radical (unpaired) electrons. The van der Waals surface area contributed by atoms with Crippen molar-refractivity contribution < 1.29 is 14.3 Å². The zero-order valence-corrected chi connectivity index (χ0v) is 15.2. The second kappa shape index (κ2) is 6.42. The van der Waals surface area contributed by atoms with Crippen LogP contribution in [0.1, 0.15) is 44.9 Å². The van der Waals surface area contributed by atoms with E-state index in [4.69, 9.17) is 4.43 Å². The molecule has 3 nitrogen and oxygen atoms in total. The Morgan fingerprint density at radius 3 is 2.05 bits per heavy atom. The Hall–Kier alpha value is -0.973. The van der Waals surface area contributed by atoms with Gasteiger partial charge < -0.3 is 9.53 Å². The minimum absolute atomic E-state index is 0.00625. The van der Waals surface area contributed by atoms with Crippen molar-refractivity contribution >= 4 is 14.1 Å². The molecule has 0 aliphatic heterocycles. The number of ketones is 1. The van der Waals surface area contributed by atoms with E-state index in [0.29, 0.717) is 0 Å². The maximum atomic E-state index is 12.0. The van der Waals surface area contributed by atoms with Gasteiger partial charge in [0.2, 0.25) is 0 Å². The minimum atomic E-state index is -2.12. The maximum absolute atomic E-state index is 12.0. The molecule has 0 unspecified atom stereocenters. The predicted octanol–water partition coefficient (Wildman–Crippen LogP) is 4.01. The Morgan fingerprint density at radius 2 is 1.67 bits per heavy atom. The number of hydrogen-bond donors (Lipinski definition) is 1. The summed E-state index contributed by atoms with van der Waals surface area (Å²) in [6.45, 7) is 14.0. The van der Waals surface area contributed by atoms with E-state index in [-0.39, 0.29) is 10.8 Å². The highest BCUT2D eigenvalue weighted by Gasteiger charge is 2.42. The lowest BCUT2D eigenvalue weighted by atomic mass is 10.0. The third-order valence-electron chi connectivity index (χ3n) is 4.33. The van der Waals surface area contributed by atoms with Crippen LogP contribution in [0.25, 0.3) is 0 Å². The molecule has 4 heteroatoms. The second-order valence-corrected chi connectivity index (χ2v) is 12.0. The Labute approximate surface area is 129 Å². The molecule has 2 atom stereocenters. The van der Waals surface area contributed by atoms with Crippen LogP contribution in [-0.2, 0) is 9.22 Å². The first-order valence-electron chi connectivity index (χ1n) is 7.38. The molecule has 0 aromatic heterocycles. The van der Waals surface area contributed by atoms with Gasteiger partial charge in [0, 0.05) is 0 Å². The number of carbonyl (C=O) groups excluding carboxylic acids is 1. The van der Waals surface area contributed by atoms with E-state index in [1.54, 1.807) is 0 Å². The van der Waals surface area contributed by atoms with Crippen LogP contribution in [0.5, 0.6) is 0 Å². The van der Waals surface area contributed by atoms with Crippen molar-refractivity contribution in [1.29, 1.82) is 0 Å². The summed E-state index contributed by atoms with van der Waals surface area (Å²) in [5.41, 5.74) is 1.84. The smallest absolute Gasteiger partial charge is 0.193 e. The van der Waals surface area contributed by atoms with Crippen molar-refractivity contribution in [3.63, 3.8) is 0 Å². The van der Waals surface area contributed by atoms with Gasteiger partial charge in [0.15, 0.2) is 14.1 Å². The van der Waals surface area contributed by atoms with Gasteiger partial charge in [0.1, 0.15) is 12.2 Å². The van der Waals surface area contributed by atoms with Crippen LogP contribution in [-0.4, -0.2) is 25.3 Å². The van der Waals surface area contributed by atoms with Gasteiger partial charge in [0.05, 0.1) is 0 Å². The standard InChI is InChI=1S/C17H28O3Si/c1-12-8-10-14(11-9-12)15(19)16(13(2)18)20-21(6,7)17(3,4)5/h8-11,15-16,19H,1-7H3/t15-,16-/m1/s1. The van der Waals surface area contributed by atoms with E-state index >= 15 is 0 Å². The summed E-state index contributed by atoms with van der Waals surface area (Å²) in [5.74, 6) is -0.132. The Kier molecular flexibility index (Phi) is 5.53. The highest BCUT2D eigenvalue weighted by atomic mass is 28.4. The number of aliphatic hydroxyl groups is 1. The van der Waals surface area contributed by atoms with Crippen molar-refractivity contribution in [3.8, 4) is 0 Å². The minimum Gasteiger partial charge on any atom is -0.404 e. The van der Waals surface area contributed by atoms with Crippen molar-refractivity contribution in [2.24, 2.45) is 0 Å². The lowest BCUT2D eigenvalue weighted by molar-refractivity contribution is -0.129. The first kappa shape index (κ1) is 18.1. The van der Waals surface area contributed by atoms with Crippen LogP contribution < -0.4 is 0 Å². The molecule has 0 saturated heterocycles. The maximum Gasteiger partial charge on any atom is 0.193 e. The molecular weight excluding hydrogens is 280 g/mol. The molecule has 1 aromatic carbocycles. The summed E-state index contributed by atoms with van der Waals surface area (Å²) >= 11 is 0. The van der Waals surface area contributed by atoms with E-state index in [1.807, 2.05) is 31.2 Å². The van der Waals surface area contributed by atoms with Crippen molar-refractivity contribution in [3.05, 3.63) is 35.4 Å². The summed E-state index contributed by atoms with van der Waals surface area (Å²) in [4.78, 5) is 12.0. The molecule has 0 saturated carbocycles. The molecule has 0 bridgehead atoms. The highest BCUT2D eigenvalue weighted by Crippen LogP contribution is 2.38. The van der Waals surface area contributed by atoms with Gasteiger partial charge in [-0.05, 0) is 37.5 Å². The van der Waals surface area contributed by atoms with E-state index in [0.717, 1.165) is 11.1 Å². The number of carbonyl (C=O) groups is 1. The molecule has 0 aliphatic carbocycles.